The van der Waals surface area contributed by atoms with E-state index in [0.717, 1.165) is 6.07 Å². The van der Waals surface area contributed by atoms with Gasteiger partial charge in [-0.25, -0.2) is 8.78 Å². The molecule has 1 heterocycles. The maximum Gasteiger partial charge on any atom is 0.236 e. The molecule has 1 fully saturated rings. The van der Waals surface area contributed by atoms with Crippen molar-refractivity contribution >= 4 is 5.91 Å². The third-order valence-electron chi connectivity index (χ3n) is 3.69. The zero-order valence-corrected chi connectivity index (χ0v) is 11.4. The van der Waals surface area contributed by atoms with Crippen molar-refractivity contribution < 1.29 is 18.7 Å². The zero-order chi connectivity index (χ0) is 14.7. The topological polar surface area (TPSA) is 43.8 Å². The first kappa shape index (κ1) is 14.9. The lowest BCUT2D eigenvalue weighted by molar-refractivity contribution is -0.137. The van der Waals surface area contributed by atoms with Gasteiger partial charge in [0.1, 0.15) is 0 Å². The fraction of sp³-hybridized carbons (Fsp3) is 0.500. The van der Waals surface area contributed by atoms with Crippen LogP contribution in [0.5, 0.6) is 0 Å². The number of aliphatic hydroxyl groups is 1. The molecular weight excluding hydrogens is 266 g/mol. The number of carbonyl (C=O) groups excluding carboxylic acids is 1. The molecular formula is C14H18F2N2O2. The van der Waals surface area contributed by atoms with E-state index in [1.807, 2.05) is 11.8 Å². The predicted octanol–water partition coefficient (Wildman–Crippen LogP) is 1.16. The largest absolute Gasteiger partial charge is 0.395 e. The summed E-state index contributed by atoms with van der Waals surface area (Å²) in [4.78, 5) is 15.4. The highest BCUT2D eigenvalue weighted by Crippen LogP contribution is 2.23. The first-order valence-electron chi connectivity index (χ1n) is 6.60. The quantitative estimate of drug-likeness (QED) is 0.902. The van der Waals surface area contributed by atoms with Crippen molar-refractivity contribution in [2.45, 2.75) is 13.0 Å². The average Bonchev–Trinajstić information content (AvgIpc) is 2.43. The van der Waals surface area contributed by atoms with Gasteiger partial charge in [0.15, 0.2) is 11.6 Å². The van der Waals surface area contributed by atoms with Gasteiger partial charge in [-0.1, -0.05) is 6.07 Å². The highest BCUT2D eigenvalue weighted by molar-refractivity contribution is 5.79. The summed E-state index contributed by atoms with van der Waals surface area (Å²) in [5.74, 6) is -1.80. The second-order valence-corrected chi connectivity index (χ2v) is 4.92. The minimum atomic E-state index is -0.875. The molecule has 1 aromatic rings. The molecule has 1 aliphatic rings. The van der Waals surface area contributed by atoms with E-state index in [0.29, 0.717) is 25.2 Å². The third-order valence-corrected chi connectivity index (χ3v) is 3.69. The van der Waals surface area contributed by atoms with Crippen LogP contribution in [0.2, 0.25) is 0 Å². The first-order valence-corrected chi connectivity index (χ1v) is 6.60. The third kappa shape index (κ3) is 3.13. The van der Waals surface area contributed by atoms with Crippen LogP contribution >= 0.6 is 0 Å². The highest BCUT2D eigenvalue weighted by atomic mass is 19.2. The SMILES string of the molecule is C[C@H](c1ccc(F)c(F)c1)N1CCN(CCO)C(=O)C1. The molecule has 1 amide bonds. The fourth-order valence-corrected chi connectivity index (χ4v) is 2.40. The number of carbonyl (C=O) groups is 1. The van der Waals surface area contributed by atoms with Crippen LogP contribution in [0.15, 0.2) is 18.2 Å². The predicted molar refractivity (Wildman–Crippen MR) is 70.0 cm³/mol. The number of rotatable bonds is 4. The van der Waals surface area contributed by atoms with Crippen LogP contribution < -0.4 is 0 Å². The number of hydrogen-bond acceptors (Lipinski definition) is 3. The van der Waals surface area contributed by atoms with Crippen LogP contribution in [0.25, 0.3) is 0 Å². The highest BCUT2D eigenvalue weighted by Gasteiger charge is 2.27. The second kappa shape index (κ2) is 6.28. The van der Waals surface area contributed by atoms with Gasteiger partial charge in [0.25, 0.3) is 0 Å². The molecule has 4 nitrogen and oxygen atoms in total. The fourth-order valence-electron chi connectivity index (χ4n) is 2.40. The van der Waals surface area contributed by atoms with Crippen LogP contribution in [-0.4, -0.2) is 53.6 Å². The van der Waals surface area contributed by atoms with Crippen LogP contribution in [-0.2, 0) is 4.79 Å². The zero-order valence-electron chi connectivity index (χ0n) is 11.4. The molecule has 0 bridgehead atoms. The Bertz CT molecular complexity index is 496. The number of nitrogens with zero attached hydrogens (tertiary/aromatic N) is 2. The van der Waals surface area contributed by atoms with Crippen molar-refractivity contribution in [1.29, 1.82) is 0 Å². The summed E-state index contributed by atoms with van der Waals surface area (Å²) in [5.41, 5.74) is 0.646. The number of β-amino-alcohol motifs (C(OH)–C–C–N with tert-alkyl or cyclic N) is 1. The number of hydrogen-bond donors (Lipinski definition) is 1. The number of aliphatic hydroxyl groups excluding tert-OH is 1. The monoisotopic (exact) mass is 284 g/mol. The lowest BCUT2D eigenvalue weighted by atomic mass is 10.1. The normalized spacial score (nSPS) is 18.4. The summed E-state index contributed by atoms with van der Waals surface area (Å²) in [5, 5.41) is 8.86. The molecule has 0 radical (unpaired) electrons. The maximum absolute atomic E-state index is 13.2. The lowest BCUT2D eigenvalue weighted by Crippen LogP contribution is -2.51. The van der Waals surface area contributed by atoms with Crippen LogP contribution in [0.4, 0.5) is 8.78 Å². The van der Waals surface area contributed by atoms with Crippen LogP contribution in [0.3, 0.4) is 0 Å². The molecule has 1 N–H and O–H groups in total. The van der Waals surface area contributed by atoms with Gasteiger partial charge in [0.05, 0.1) is 13.2 Å². The van der Waals surface area contributed by atoms with Crippen molar-refractivity contribution in [3.8, 4) is 0 Å². The average molecular weight is 284 g/mol. The molecule has 0 aliphatic carbocycles. The summed E-state index contributed by atoms with van der Waals surface area (Å²) in [6.07, 6.45) is 0. The van der Waals surface area contributed by atoms with Gasteiger partial charge in [-0.3, -0.25) is 9.69 Å². The molecule has 6 heteroatoms. The van der Waals surface area contributed by atoms with Gasteiger partial charge >= 0.3 is 0 Å². The molecule has 0 aromatic heterocycles. The number of piperazine rings is 1. The van der Waals surface area contributed by atoms with E-state index >= 15 is 0 Å². The molecule has 1 aliphatic heterocycles. The molecule has 110 valence electrons. The van der Waals surface area contributed by atoms with Gasteiger partial charge in [0, 0.05) is 25.7 Å². The van der Waals surface area contributed by atoms with E-state index in [-0.39, 0.29) is 25.1 Å². The first-order chi connectivity index (χ1) is 9.52. The van der Waals surface area contributed by atoms with E-state index < -0.39 is 11.6 Å². The van der Waals surface area contributed by atoms with E-state index in [9.17, 15) is 13.6 Å². The number of benzene rings is 1. The number of amides is 1. The molecule has 0 spiro atoms. The molecule has 2 rings (SSSR count). The Kier molecular flexibility index (Phi) is 4.67. The van der Waals surface area contributed by atoms with Crippen molar-refractivity contribution in [2.75, 3.05) is 32.8 Å². The molecule has 0 saturated carbocycles. The summed E-state index contributed by atoms with van der Waals surface area (Å²) in [6.45, 7) is 3.55. The van der Waals surface area contributed by atoms with Crippen LogP contribution in [0.1, 0.15) is 18.5 Å². The molecule has 0 unspecified atom stereocenters. The maximum atomic E-state index is 13.2. The van der Waals surface area contributed by atoms with Crippen molar-refractivity contribution in [2.24, 2.45) is 0 Å². The van der Waals surface area contributed by atoms with Gasteiger partial charge < -0.3 is 10.0 Å². The Hall–Kier alpha value is -1.53. The molecule has 1 aromatic carbocycles. The van der Waals surface area contributed by atoms with Gasteiger partial charge in [-0.2, -0.15) is 0 Å². The number of halogens is 2. The van der Waals surface area contributed by atoms with E-state index in [1.165, 1.54) is 12.1 Å². The minimum absolute atomic E-state index is 0.0511. The second-order valence-electron chi connectivity index (χ2n) is 4.92. The van der Waals surface area contributed by atoms with E-state index in [1.54, 1.807) is 4.90 Å². The Labute approximate surface area is 116 Å². The Balaban J connectivity index is 2.05. The smallest absolute Gasteiger partial charge is 0.236 e. The van der Waals surface area contributed by atoms with E-state index in [2.05, 4.69) is 0 Å². The Morgan fingerprint density at radius 2 is 2.05 bits per heavy atom. The summed E-state index contributed by atoms with van der Waals surface area (Å²) < 4.78 is 26.2. The van der Waals surface area contributed by atoms with Gasteiger partial charge in [0.2, 0.25) is 5.91 Å². The Morgan fingerprint density at radius 3 is 2.65 bits per heavy atom. The van der Waals surface area contributed by atoms with Crippen molar-refractivity contribution in [3.63, 3.8) is 0 Å². The summed E-state index contributed by atoms with van der Waals surface area (Å²) in [6, 6.07) is 3.65. The van der Waals surface area contributed by atoms with Gasteiger partial charge in [-0.05, 0) is 24.6 Å². The molecule has 1 atom stereocenters. The minimum Gasteiger partial charge on any atom is -0.395 e. The summed E-state index contributed by atoms with van der Waals surface area (Å²) in [7, 11) is 0. The van der Waals surface area contributed by atoms with E-state index in [4.69, 9.17) is 5.11 Å². The Morgan fingerprint density at radius 1 is 1.30 bits per heavy atom. The van der Waals surface area contributed by atoms with Crippen molar-refractivity contribution in [1.82, 2.24) is 9.80 Å². The summed E-state index contributed by atoms with van der Waals surface area (Å²) >= 11 is 0. The standard InChI is InChI=1S/C14H18F2N2O2/c1-10(11-2-3-12(15)13(16)8-11)18-5-4-17(6-7-19)14(20)9-18/h2-3,8,10,19H,4-7,9H2,1H3/t10-/m1/s1. The van der Waals surface area contributed by atoms with Gasteiger partial charge in [-0.15, -0.1) is 0 Å². The molecule has 20 heavy (non-hydrogen) atoms. The van der Waals surface area contributed by atoms with Crippen LogP contribution in [0, 0.1) is 11.6 Å². The molecule has 1 saturated heterocycles. The lowest BCUT2D eigenvalue weighted by Gasteiger charge is -2.37. The van der Waals surface area contributed by atoms with Crippen molar-refractivity contribution in [3.05, 3.63) is 35.4 Å².